The molecule has 1 aliphatic heterocycles. The standard InChI is InChI=1S/C32H29NO5/c1-2-37-32(36)27(21-6-4-3-5-7-21)22-10-8-20(9-11-22)19-38-26-16-14-25(15-17-26)33-30(34)28-23-12-13-24(18-23)29(28)31(33)35/h3-17,23-24,27-29H,2,18-19H2,1H3/t23-,24-,27+,28-,29-/m0/s1. The number of benzene rings is 3. The maximum absolute atomic E-state index is 13.0. The van der Waals surface area contributed by atoms with Crippen molar-refractivity contribution in [3.63, 3.8) is 0 Å². The third kappa shape index (κ3) is 4.20. The number of imide groups is 1. The third-order valence-corrected chi connectivity index (χ3v) is 7.94. The predicted octanol–water partition coefficient (Wildman–Crippen LogP) is 5.27. The molecule has 2 aliphatic carbocycles. The van der Waals surface area contributed by atoms with E-state index in [9.17, 15) is 14.4 Å². The van der Waals surface area contributed by atoms with Gasteiger partial charge in [0, 0.05) is 0 Å². The molecule has 2 bridgehead atoms. The lowest BCUT2D eigenvalue weighted by atomic mass is 9.85. The first-order valence-corrected chi connectivity index (χ1v) is 13.1. The molecule has 0 unspecified atom stereocenters. The average Bonchev–Trinajstić information content (AvgIpc) is 3.63. The van der Waals surface area contributed by atoms with Gasteiger partial charge in [-0.25, -0.2) is 0 Å². The largest absolute Gasteiger partial charge is 0.489 e. The number of hydrogen-bond acceptors (Lipinski definition) is 5. The van der Waals surface area contributed by atoms with Crippen molar-refractivity contribution in [2.24, 2.45) is 23.7 Å². The summed E-state index contributed by atoms with van der Waals surface area (Å²) in [4.78, 5) is 40.1. The van der Waals surface area contributed by atoms with Gasteiger partial charge in [0.2, 0.25) is 11.8 Å². The summed E-state index contributed by atoms with van der Waals surface area (Å²) in [6.07, 6.45) is 5.12. The zero-order chi connectivity index (χ0) is 26.2. The Morgan fingerprint density at radius 3 is 2.05 bits per heavy atom. The molecule has 2 amide bonds. The Bertz CT molecular complexity index is 1350. The van der Waals surface area contributed by atoms with Crippen LogP contribution in [0.4, 0.5) is 5.69 Å². The summed E-state index contributed by atoms with van der Waals surface area (Å²) < 4.78 is 11.3. The lowest BCUT2D eigenvalue weighted by Gasteiger charge is -2.18. The second kappa shape index (κ2) is 9.93. The Balaban J connectivity index is 1.11. The molecule has 3 aromatic rings. The van der Waals surface area contributed by atoms with Crippen LogP contribution in [-0.2, 0) is 25.7 Å². The summed E-state index contributed by atoms with van der Waals surface area (Å²) in [6, 6.07) is 24.5. The molecule has 1 saturated carbocycles. The van der Waals surface area contributed by atoms with Crippen LogP contribution in [0.1, 0.15) is 36.0 Å². The molecule has 6 rings (SSSR count). The topological polar surface area (TPSA) is 72.9 Å². The quantitative estimate of drug-likeness (QED) is 0.236. The smallest absolute Gasteiger partial charge is 0.317 e. The number of anilines is 1. The van der Waals surface area contributed by atoms with E-state index in [4.69, 9.17) is 9.47 Å². The first kappa shape index (κ1) is 24.2. The summed E-state index contributed by atoms with van der Waals surface area (Å²) in [6.45, 7) is 2.47. The van der Waals surface area contributed by atoms with Crippen molar-refractivity contribution in [2.75, 3.05) is 11.5 Å². The van der Waals surface area contributed by atoms with E-state index in [-0.39, 0.29) is 41.5 Å². The minimum Gasteiger partial charge on any atom is -0.489 e. The molecule has 3 aliphatic rings. The van der Waals surface area contributed by atoms with Crippen LogP contribution in [0.15, 0.2) is 91.0 Å². The number of nitrogens with zero attached hydrogens (tertiary/aromatic N) is 1. The Morgan fingerprint density at radius 1 is 0.842 bits per heavy atom. The van der Waals surface area contributed by atoms with E-state index in [1.165, 1.54) is 4.90 Å². The first-order valence-electron chi connectivity index (χ1n) is 13.1. The Kier molecular flexibility index (Phi) is 6.32. The van der Waals surface area contributed by atoms with E-state index in [1.807, 2.05) is 54.6 Å². The fourth-order valence-corrected chi connectivity index (χ4v) is 6.16. The molecule has 0 radical (unpaired) electrons. The number of esters is 1. The number of allylic oxidation sites excluding steroid dienone is 2. The van der Waals surface area contributed by atoms with Gasteiger partial charge >= 0.3 is 5.97 Å². The molecule has 0 spiro atoms. The van der Waals surface area contributed by atoms with Crippen LogP contribution in [0, 0.1) is 23.7 Å². The summed E-state index contributed by atoms with van der Waals surface area (Å²) in [7, 11) is 0. The van der Waals surface area contributed by atoms with Crippen molar-refractivity contribution in [3.8, 4) is 5.75 Å². The number of hydrogen-bond donors (Lipinski definition) is 0. The number of fused-ring (bicyclic) bond motifs is 5. The second-order valence-corrected chi connectivity index (χ2v) is 10.1. The lowest BCUT2D eigenvalue weighted by Crippen LogP contribution is -2.32. The summed E-state index contributed by atoms with van der Waals surface area (Å²) in [5, 5.41) is 0. The van der Waals surface area contributed by atoms with Gasteiger partial charge in [0.15, 0.2) is 0 Å². The fraction of sp³-hybridized carbons (Fsp3) is 0.281. The van der Waals surface area contributed by atoms with E-state index in [0.29, 0.717) is 24.7 Å². The van der Waals surface area contributed by atoms with Crippen molar-refractivity contribution in [3.05, 3.63) is 108 Å². The van der Waals surface area contributed by atoms with Crippen molar-refractivity contribution in [1.29, 1.82) is 0 Å². The lowest BCUT2D eigenvalue weighted by molar-refractivity contribution is -0.143. The summed E-state index contributed by atoms with van der Waals surface area (Å²) in [5.74, 6) is -0.299. The molecule has 38 heavy (non-hydrogen) atoms. The van der Waals surface area contributed by atoms with Crippen LogP contribution in [0.2, 0.25) is 0 Å². The normalized spacial score (nSPS) is 24.0. The third-order valence-electron chi connectivity index (χ3n) is 7.94. The monoisotopic (exact) mass is 507 g/mol. The minimum absolute atomic E-state index is 0.0813. The van der Waals surface area contributed by atoms with E-state index in [2.05, 4.69) is 12.2 Å². The van der Waals surface area contributed by atoms with E-state index >= 15 is 0 Å². The highest BCUT2D eigenvalue weighted by Gasteiger charge is 2.59. The Labute approximate surface area is 221 Å². The van der Waals surface area contributed by atoms with Gasteiger partial charge in [-0.05, 0) is 66.1 Å². The molecule has 5 atom stereocenters. The van der Waals surface area contributed by atoms with E-state index < -0.39 is 5.92 Å². The van der Waals surface area contributed by atoms with Crippen LogP contribution in [0.5, 0.6) is 5.75 Å². The predicted molar refractivity (Wildman–Crippen MR) is 142 cm³/mol. The molecule has 192 valence electrons. The highest BCUT2D eigenvalue weighted by Crippen LogP contribution is 2.53. The summed E-state index contributed by atoms with van der Waals surface area (Å²) in [5.41, 5.74) is 3.29. The molecular formula is C32H29NO5. The molecule has 6 nitrogen and oxygen atoms in total. The number of amides is 2. The van der Waals surface area contributed by atoms with Crippen molar-refractivity contribution < 1.29 is 23.9 Å². The van der Waals surface area contributed by atoms with Gasteiger partial charge in [0.25, 0.3) is 0 Å². The molecule has 1 saturated heterocycles. The Morgan fingerprint density at radius 2 is 1.45 bits per heavy atom. The second-order valence-electron chi connectivity index (χ2n) is 10.1. The van der Waals surface area contributed by atoms with Crippen LogP contribution < -0.4 is 9.64 Å². The van der Waals surface area contributed by atoms with E-state index in [0.717, 1.165) is 23.1 Å². The summed E-state index contributed by atoms with van der Waals surface area (Å²) >= 11 is 0. The molecule has 2 fully saturated rings. The van der Waals surface area contributed by atoms with Gasteiger partial charge in [0.05, 0.1) is 24.1 Å². The van der Waals surface area contributed by atoms with Crippen molar-refractivity contribution in [1.82, 2.24) is 0 Å². The highest BCUT2D eigenvalue weighted by atomic mass is 16.5. The van der Waals surface area contributed by atoms with Crippen LogP contribution in [-0.4, -0.2) is 24.4 Å². The van der Waals surface area contributed by atoms with Crippen molar-refractivity contribution >= 4 is 23.5 Å². The molecule has 0 aromatic heterocycles. The number of ether oxygens (including phenoxy) is 2. The number of rotatable bonds is 8. The maximum Gasteiger partial charge on any atom is 0.317 e. The van der Waals surface area contributed by atoms with Gasteiger partial charge in [-0.2, -0.15) is 0 Å². The molecule has 1 heterocycles. The minimum atomic E-state index is -0.486. The fourth-order valence-electron chi connectivity index (χ4n) is 6.16. The molecule has 0 N–H and O–H groups in total. The van der Waals surface area contributed by atoms with Crippen LogP contribution in [0.25, 0.3) is 0 Å². The molecule has 3 aromatic carbocycles. The van der Waals surface area contributed by atoms with E-state index in [1.54, 1.807) is 31.2 Å². The number of carbonyl (C=O) groups is 3. The van der Waals surface area contributed by atoms with Crippen LogP contribution >= 0.6 is 0 Å². The maximum atomic E-state index is 13.0. The Hall–Kier alpha value is -4.19. The van der Waals surface area contributed by atoms with Crippen LogP contribution in [0.3, 0.4) is 0 Å². The zero-order valence-electron chi connectivity index (χ0n) is 21.2. The molecule has 6 heteroatoms. The van der Waals surface area contributed by atoms with Gasteiger partial charge in [-0.3, -0.25) is 19.3 Å². The highest BCUT2D eigenvalue weighted by molar-refractivity contribution is 6.22. The van der Waals surface area contributed by atoms with Gasteiger partial charge in [-0.15, -0.1) is 0 Å². The van der Waals surface area contributed by atoms with Gasteiger partial charge < -0.3 is 9.47 Å². The molecular weight excluding hydrogens is 478 g/mol. The first-order chi connectivity index (χ1) is 18.5. The van der Waals surface area contributed by atoms with Crippen molar-refractivity contribution in [2.45, 2.75) is 25.9 Å². The average molecular weight is 508 g/mol. The number of carbonyl (C=O) groups excluding carboxylic acids is 3. The van der Waals surface area contributed by atoms with Gasteiger partial charge in [0.1, 0.15) is 18.3 Å². The van der Waals surface area contributed by atoms with Gasteiger partial charge in [-0.1, -0.05) is 66.7 Å². The zero-order valence-corrected chi connectivity index (χ0v) is 21.2. The SMILES string of the molecule is CCOC(=O)[C@H](c1ccccc1)c1ccc(COc2ccc(N3C(=O)[C@@H]4[C@@H](C3=O)[C@H]3C=C[C@H]4C3)cc2)cc1.